The quantitative estimate of drug-likeness (QED) is 0.783. The Morgan fingerprint density at radius 1 is 1.29 bits per heavy atom. The molecule has 1 saturated heterocycles. The van der Waals surface area contributed by atoms with Gasteiger partial charge in [0.1, 0.15) is 0 Å². The molecule has 1 aromatic rings. The summed E-state index contributed by atoms with van der Waals surface area (Å²) in [5.41, 5.74) is 1.26. The predicted molar refractivity (Wildman–Crippen MR) is 60.4 cm³/mol. The molecule has 1 heterocycles. The molecule has 0 aliphatic carbocycles. The Morgan fingerprint density at radius 3 is 2.50 bits per heavy atom. The Hall–Kier alpha value is -0.510. The third-order valence-electron chi connectivity index (χ3n) is 2.57. The summed E-state index contributed by atoms with van der Waals surface area (Å²) in [4.78, 5) is 0. The highest BCUT2D eigenvalue weighted by Gasteiger charge is 2.36. The second-order valence-electron chi connectivity index (χ2n) is 3.77. The summed E-state index contributed by atoms with van der Waals surface area (Å²) in [7, 11) is 0. The first-order chi connectivity index (χ1) is 6.85. The molecular weight excluding hydrogens is 194 g/mol. The number of aliphatic hydroxyl groups excluding tert-OH is 1. The number of rotatable bonds is 4. The molecule has 0 aromatic heterocycles. The van der Waals surface area contributed by atoms with E-state index in [4.69, 9.17) is 0 Å². The van der Waals surface area contributed by atoms with Gasteiger partial charge in [-0.1, -0.05) is 30.3 Å². The van der Waals surface area contributed by atoms with Crippen molar-refractivity contribution in [2.75, 3.05) is 18.1 Å². The monoisotopic (exact) mass is 209 g/mol. The van der Waals surface area contributed by atoms with Crippen LogP contribution < -0.4 is 5.32 Å². The van der Waals surface area contributed by atoms with E-state index in [-0.39, 0.29) is 12.1 Å². The number of thioether (sulfide) groups is 1. The van der Waals surface area contributed by atoms with Gasteiger partial charge in [-0.15, -0.1) is 0 Å². The molecule has 1 fully saturated rings. The molecule has 0 bridgehead atoms. The first kappa shape index (κ1) is 10.0. The zero-order valence-electron chi connectivity index (χ0n) is 8.07. The molecule has 2 nitrogen and oxygen atoms in total. The van der Waals surface area contributed by atoms with Crippen LogP contribution in [0, 0.1) is 0 Å². The van der Waals surface area contributed by atoms with Gasteiger partial charge in [-0.05, 0) is 5.56 Å². The van der Waals surface area contributed by atoms with E-state index in [9.17, 15) is 5.11 Å². The lowest BCUT2D eigenvalue weighted by Gasteiger charge is -2.40. The summed E-state index contributed by atoms with van der Waals surface area (Å²) in [5.74, 6) is 2.05. The summed E-state index contributed by atoms with van der Waals surface area (Å²) < 4.78 is 0. The van der Waals surface area contributed by atoms with E-state index in [2.05, 4.69) is 17.4 Å². The van der Waals surface area contributed by atoms with Gasteiger partial charge in [0.2, 0.25) is 0 Å². The molecule has 1 aliphatic heterocycles. The number of benzene rings is 1. The zero-order valence-corrected chi connectivity index (χ0v) is 8.89. The molecule has 0 saturated carbocycles. The van der Waals surface area contributed by atoms with E-state index in [1.807, 2.05) is 30.0 Å². The smallest absolute Gasteiger partial charge is 0.0629 e. The van der Waals surface area contributed by atoms with Crippen LogP contribution in [0.15, 0.2) is 30.3 Å². The number of nitrogens with one attached hydrogen (secondary N) is 1. The first-order valence-electron chi connectivity index (χ1n) is 4.82. The minimum absolute atomic E-state index is 0.0134. The molecule has 1 aromatic carbocycles. The fourth-order valence-electron chi connectivity index (χ4n) is 1.48. The largest absolute Gasteiger partial charge is 0.394 e. The van der Waals surface area contributed by atoms with Crippen LogP contribution in [0.2, 0.25) is 0 Å². The third-order valence-corrected chi connectivity index (χ3v) is 4.08. The minimum Gasteiger partial charge on any atom is -0.394 e. The van der Waals surface area contributed by atoms with E-state index in [0.717, 1.165) is 18.1 Å². The van der Waals surface area contributed by atoms with Gasteiger partial charge < -0.3 is 10.4 Å². The van der Waals surface area contributed by atoms with Gasteiger partial charge in [-0.2, -0.15) is 11.8 Å². The summed E-state index contributed by atoms with van der Waals surface area (Å²) in [6.07, 6.45) is 0. The highest BCUT2D eigenvalue weighted by atomic mass is 32.2. The van der Waals surface area contributed by atoms with Crippen molar-refractivity contribution in [1.29, 1.82) is 0 Å². The molecule has 0 amide bonds. The van der Waals surface area contributed by atoms with Crippen molar-refractivity contribution in [3.05, 3.63) is 35.9 Å². The summed E-state index contributed by atoms with van der Waals surface area (Å²) >= 11 is 1.88. The van der Waals surface area contributed by atoms with Gasteiger partial charge in [0.15, 0.2) is 0 Å². The Balaban J connectivity index is 1.88. The summed E-state index contributed by atoms with van der Waals surface area (Å²) in [5, 5.41) is 12.7. The van der Waals surface area contributed by atoms with Crippen molar-refractivity contribution in [1.82, 2.24) is 5.32 Å². The second-order valence-corrected chi connectivity index (χ2v) is 4.76. The van der Waals surface area contributed by atoms with E-state index in [0.29, 0.717) is 0 Å². The van der Waals surface area contributed by atoms with Crippen LogP contribution in [-0.4, -0.2) is 28.8 Å². The third kappa shape index (κ3) is 2.11. The Kier molecular flexibility index (Phi) is 3.11. The molecule has 2 N–H and O–H groups in total. The van der Waals surface area contributed by atoms with Gasteiger partial charge in [0, 0.05) is 18.1 Å². The lowest BCUT2D eigenvalue weighted by molar-refractivity contribution is 0.186. The highest BCUT2D eigenvalue weighted by Crippen LogP contribution is 2.29. The van der Waals surface area contributed by atoms with E-state index >= 15 is 0 Å². The van der Waals surface area contributed by atoms with Crippen molar-refractivity contribution in [2.45, 2.75) is 12.1 Å². The highest BCUT2D eigenvalue weighted by molar-refractivity contribution is 8.00. The molecule has 14 heavy (non-hydrogen) atoms. The normalized spacial score (nSPS) is 18.9. The fourth-order valence-corrected chi connectivity index (χ4v) is 2.57. The summed E-state index contributed by atoms with van der Waals surface area (Å²) in [6.45, 7) is 1.09. The zero-order chi connectivity index (χ0) is 9.86. The topological polar surface area (TPSA) is 32.3 Å². The average molecular weight is 209 g/mol. The molecule has 76 valence electrons. The molecule has 0 spiro atoms. The Morgan fingerprint density at radius 2 is 2.00 bits per heavy atom. The van der Waals surface area contributed by atoms with Crippen LogP contribution in [0.25, 0.3) is 0 Å². The Bertz CT molecular complexity index is 279. The van der Waals surface area contributed by atoms with Gasteiger partial charge in [-0.3, -0.25) is 0 Å². The van der Waals surface area contributed by atoms with Gasteiger partial charge >= 0.3 is 0 Å². The number of aliphatic hydroxyl groups is 1. The molecule has 0 unspecified atom stereocenters. The SMILES string of the molecule is OCC1(NCc2ccccc2)CSC1. The molecule has 3 heteroatoms. The maximum absolute atomic E-state index is 9.24. The van der Waals surface area contributed by atoms with Crippen LogP contribution in [-0.2, 0) is 6.54 Å². The van der Waals surface area contributed by atoms with Crippen molar-refractivity contribution in [3.63, 3.8) is 0 Å². The number of hydrogen-bond donors (Lipinski definition) is 2. The van der Waals surface area contributed by atoms with E-state index in [1.165, 1.54) is 5.56 Å². The lowest BCUT2D eigenvalue weighted by Crippen LogP contribution is -2.58. The molecule has 1 aliphatic rings. The van der Waals surface area contributed by atoms with Crippen molar-refractivity contribution in [2.24, 2.45) is 0 Å². The maximum Gasteiger partial charge on any atom is 0.0629 e. The predicted octanol–water partition coefficient (Wildman–Crippen LogP) is 1.25. The number of hydrogen-bond acceptors (Lipinski definition) is 3. The van der Waals surface area contributed by atoms with Crippen molar-refractivity contribution < 1.29 is 5.11 Å². The first-order valence-corrected chi connectivity index (χ1v) is 5.98. The second kappa shape index (κ2) is 4.34. The standard InChI is InChI=1S/C11H15NOS/c13-7-11(8-14-9-11)12-6-10-4-2-1-3-5-10/h1-5,12-13H,6-9H2. The van der Waals surface area contributed by atoms with Crippen molar-refractivity contribution >= 4 is 11.8 Å². The lowest BCUT2D eigenvalue weighted by atomic mass is 10.0. The van der Waals surface area contributed by atoms with Gasteiger partial charge in [0.05, 0.1) is 12.1 Å². The van der Waals surface area contributed by atoms with Gasteiger partial charge in [0.25, 0.3) is 0 Å². The van der Waals surface area contributed by atoms with Crippen LogP contribution in [0.1, 0.15) is 5.56 Å². The van der Waals surface area contributed by atoms with Crippen LogP contribution in [0.3, 0.4) is 0 Å². The molecule has 2 rings (SSSR count). The van der Waals surface area contributed by atoms with Crippen LogP contribution in [0.5, 0.6) is 0 Å². The molecular formula is C11H15NOS. The molecule has 0 atom stereocenters. The van der Waals surface area contributed by atoms with E-state index < -0.39 is 0 Å². The minimum atomic E-state index is -0.0134. The summed E-state index contributed by atoms with van der Waals surface area (Å²) in [6, 6.07) is 10.3. The Labute approximate surface area is 88.7 Å². The van der Waals surface area contributed by atoms with Crippen LogP contribution >= 0.6 is 11.8 Å². The van der Waals surface area contributed by atoms with Crippen LogP contribution in [0.4, 0.5) is 0 Å². The van der Waals surface area contributed by atoms with E-state index in [1.54, 1.807) is 0 Å². The fraction of sp³-hybridized carbons (Fsp3) is 0.455. The average Bonchev–Trinajstić information content (AvgIpc) is 2.19. The van der Waals surface area contributed by atoms with Gasteiger partial charge in [-0.25, -0.2) is 0 Å². The van der Waals surface area contributed by atoms with Crippen molar-refractivity contribution in [3.8, 4) is 0 Å². The molecule has 0 radical (unpaired) electrons. The maximum atomic E-state index is 9.24.